The Morgan fingerprint density at radius 2 is 1.61 bits per heavy atom. The first-order valence-electron chi connectivity index (χ1n) is 10.9. The van der Waals surface area contributed by atoms with E-state index < -0.39 is 12.1 Å². The lowest BCUT2D eigenvalue weighted by atomic mass is 9.99. The number of carbonyl (C=O) groups is 2. The molecular weight excluding hydrogens is 435 g/mol. The molecule has 0 aliphatic carbocycles. The zero-order chi connectivity index (χ0) is 24.0. The van der Waals surface area contributed by atoms with Gasteiger partial charge in [0.1, 0.15) is 5.75 Å². The van der Waals surface area contributed by atoms with Crippen LogP contribution in [0.1, 0.15) is 31.7 Å². The van der Waals surface area contributed by atoms with Gasteiger partial charge < -0.3 is 19.9 Å². The van der Waals surface area contributed by atoms with Crippen LogP contribution in [0.2, 0.25) is 0 Å². The Hall–Kier alpha value is -3.23. The van der Waals surface area contributed by atoms with E-state index in [9.17, 15) is 22.8 Å². The lowest BCUT2D eigenvalue weighted by molar-refractivity contribution is -0.185. The average molecular weight is 464 g/mol. The van der Waals surface area contributed by atoms with Crippen molar-refractivity contribution in [2.24, 2.45) is 0 Å². The number of alkyl halides is 3. The highest BCUT2D eigenvalue weighted by Crippen LogP contribution is 2.24. The van der Waals surface area contributed by atoms with E-state index in [0.717, 1.165) is 17.0 Å². The van der Waals surface area contributed by atoms with Crippen LogP contribution in [0.5, 0.6) is 5.75 Å². The molecule has 1 saturated heterocycles. The second kappa shape index (κ2) is 10.6. The number of nitrogens with one attached hydrogen (secondary N) is 1. The van der Waals surface area contributed by atoms with Crippen molar-refractivity contribution in [3.8, 4) is 5.75 Å². The van der Waals surface area contributed by atoms with Crippen molar-refractivity contribution in [1.82, 2.24) is 4.90 Å². The number of ether oxygens (including phenoxy) is 1. The van der Waals surface area contributed by atoms with Gasteiger partial charge in [-0.1, -0.05) is 26.0 Å². The zero-order valence-corrected chi connectivity index (χ0v) is 18.7. The van der Waals surface area contributed by atoms with Crippen molar-refractivity contribution < 1.29 is 27.5 Å². The van der Waals surface area contributed by atoms with Gasteiger partial charge in [-0.05, 0) is 54.3 Å². The van der Waals surface area contributed by atoms with Gasteiger partial charge in [0.25, 0.3) is 5.91 Å². The number of anilines is 2. The van der Waals surface area contributed by atoms with Crippen LogP contribution >= 0.6 is 0 Å². The van der Waals surface area contributed by atoms with E-state index in [-0.39, 0.29) is 25.6 Å². The standard InChI is InChI=1S/C24H28F3N3O3/c1-3-17(2)18-4-10-21(11-5-18)33-16-22(31)28-19-6-8-20(9-7-19)29-12-14-30(15-13-29)23(32)24(25,26)27/h4-11,17H,3,12-16H2,1-2H3,(H,28,31)/t17-/m1/s1. The van der Waals surface area contributed by atoms with E-state index >= 15 is 0 Å². The first-order valence-corrected chi connectivity index (χ1v) is 10.9. The molecule has 0 bridgehead atoms. The average Bonchev–Trinajstić information content (AvgIpc) is 2.82. The molecule has 2 aromatic rings. The molecule has 0 unspecified atom stereocenters. The Kier molecular flexibility index (Phi) is 7.84. The molecule has 1 aliphatic rings. The second-order valence-electron chi connectivity index (χ2n) is 8.04. The number of nitrogens with zero attached hydrogens (tertiary/aromatic N) is 2. The molecule has 6 nitrogen and oxygen atoms in total. The van der Waals surface area contributed by atoms with Gasteiger partial charge in [-0.15, -0.1) is 0 Å². The first kappa shape index (κ1) is 24.4. The molecule has 0 aromatic heterocycles. The van der Waals surface area contributed by atoms with Crippen LogP contribution in [0.3, 0.4) is 0 Å². The number of amides is 2. The number of piperazine rings is 1. The monoisotopic (exact) mass is 463 g/mol. The van der Waals surface area contributed by atoms with E-state index in [1.54, 1.807) is 24.3 Å². The highest BCUT2D eigenvalue weighted by molar-refractivity contribution is 5.92. The molecule has 1 fully saturated rings. The summed E-state index contributed by atoms with van der Waals surface area (Å²) in [7, 11) is 0. The predicted octanol–water partition coefficient (Wildman–Crippen LogP) is 4.43. The molecule has 2 aromatic carbocycles. The minimum Gasteiger partial charge on any atom is -0.484 e. The molecule has 33 heavy (non-hydrogen) atoms. The van der Waals surface area contributed by atoms with Gasteiger partial charge in [-0.25, -0.2) is 0 Å². The summed E-state index contributed by atoms with van der Waals surface area (Å²) < 4.78 is 43.2. The third-order valence-electron chi connectivity index (χ3n) is 5.76. The van der Waals surface area contributed by atoms with Crippen molar-refractivity contribution in [1.29, 1.82) is 0 Å². The Bertz CT molecular complexity index is 938. The van der Waals surface area contributed by atoms with Crippen LogP contribution in [0.15, 0.2) is 48.5 Å². The molecule has 1 heterocycles. The summed E-state index contributed by atoms with van der Waals surface area (Å²) in [6.07, 6.45) is -3.79. The lowest BCUT2D eigenvalue weighted by Gasteiger charge is -2.36. The van der Waals surface area contributed by atoms with Crippen molar-refractivity contribution in [2.45, 2.75) is 32.4 Å². The van der Waals surface area contributed by atoms with Crippen LogP contribution in [0, 0.1) is 0 Å². The van der Waals surface area contributed by atoms with Crippen LogP contribution in [-0.4, -0.2) is 55.7 Å². The van der Waals surface area contributed by atoms with Crippen LogP contribution < -0.4 is 15.0 Å². The summed E-state index contributed by atoms with van der Waals surface area (Å²) in [5.74, 6) is -1.01. The Balaban J connectivity index is 1.46. The number of carbonyl (C=O) groups excluding carboxylic acids is 2. The number of hydrogen-bond donors (Lipinski definition) is 1. The molecule has 0 spiro atoms. The van der Waals surface area contributed by atoms with Crippen LogP contribution in [0.25, 0.3) is 0 Å². The van der Waals surface area contributed by atoms with Crippen molar-refractivity contribution >= 4 is 23.2 Å². The minimum atomic E-state index is -4.84. The van der Waals surface area contributed by atoms with Gasteiger partial charge in [0.15, 0.2) is 6.61 Å². The summed E-state index contributed by atoms with van der Waals surface area (Å²) in [4.78, 5) is 26.3. The summed E-state index contributed by atoms with van der Waals surface area (Å²) in [5.41, 5.74) is 2.62. The Labute approximate surface area is 191 Å². The molecule has 1 aliphatic heterocycles. The summed E-state index contributed by atoms with van der Waals surface area (Å²) in [6.45, 7) is 4.78. The van der Waals surface area contributed by atoms with Gasteiger partial charge in [0.05, 0.1) is 0 Å². The predicted molar refractivity (Wildman–Crippen MR) is 121 cm³/mol. The maximum Gasteiger partial charge on any atom is 0.471 e. The maximum absolute atomic E-state index is 12.6. The fourth-order valence-corrected chi connectivity index (χ4v) is 3.58. The van der Waals surface area contributed by atoms with E-state index in [4.69, 9.17) is 4.74 Å². The Morgan fingerprint density at radius 1 is 1.00 bits per heavy atom. The van der Waals surface area contributed by atoms with Gasteiger partial charge in [0.2, 0.25) is 0 Å². The largest absolute Gasteiger partial charge is 0.484 e. The summed E-state index contributed by atoms with van der Waals surface area (Å²) in [6, 6.07) is 14.7. The highest BCUT2D eigenvalue weighted by Gasteiger charge is 2.43. The van der Waals surface area contributed by atoms with Crippen molar-refractivity contribution in [2.75, 3.05) is 43.0 Å². The Morgan fingerprint density at radius 3 is 2.15 bits per heavy atom. The number of benzene rings is 2. The third kappa shape index (κ3) is 6.63. The van der Waals surface area contributed by atoms with Gasteiger partial charge >= 0.3 is 12.1 Å². The number of hydrogen-bond acceptors (Lipinski definition) is 4. The molecule has 1 atom stereocenters. The smallest absolute Gasteiger partial charge is 0.471 e. The molecule has 1 N–H and O–H groups in total. The zero-order valence-electron chi connectivity index (χ0n) is 18.7. The molecular formula is C24H28F3N3O3. The summed E-state index contributed by atoms with van der Waals surface area (Å²) in [5, 5.41) is 2.76. The normalized spacial score (nSPS) is 15.2. The van der Waals surface area contributed by atoms with E-state index in [1.807, 2.05) is 29.2 Å². The lowest BCUT2D eigenvalue weighted by Crippen LogP contribution is -2.52. The van der Waals surface area contributed by atoms with Gasteiger partial charge in [-0.2, -0.15) is 13.2 Å². The fraction of sp³-hybridized carbons (Fsp3) is 0.417. The molecule has 0 saturated carbocycles. The third-order valence-corrected chi connectivity index (χ3v) is 5.76. The van der Waals surface area contributed by atoms with Gasteiger partial charge in [-0.3, -0.25) is 9.59 Å². The molecule has 2 amide bonds. The van der Waals surface area contributed by atoms with E-state index in [0.29, 0.717) is 30.4 Å². The highest BCUT2D eigenvalue weighted by atomic mass is 19.4. The van der Waals surface area contributed by atoms with Crippen molar-refractivity contribution in [3.63, 3.8) is 0 Å². The first-order chi connectivity index (χ1) is 15.7. The molecule has 3 rings (SSSR count). The minimum absolute atomic E-state index is 0.00645. The summed E-state index contributed by atoms with van der Waals surface area (Å²) >= 11 is 0. The molecule has 0 radical (unpaired) electrons. The topological polar surface area (TPSA) is 61.9 Å². The van der Waals surface area contributed by atoms with Crippen molar-refractivity contribution in [3.05, 3.63) is 54.1 Å². The van der Waals surface area contributed by atoms with Gasteiger partial charge in [0, 0.05) is 37.6 Å². The second-order valence-corrected chi connectivity index (χ2v) is 8.04. The number of rotatable bonds is 7. The quantitative estimate of drug-likeness (QED) is 0.660. The molecule has 9 heteroatoms. The van der Waals surface area contributed by atoms with E-state index in [1.165, 1.54) is 5.56 Å². The molecule has 178 valence electrons. The van der Waals surface area contributed by atoms with Crippen LogP contribution in [0.4, 0.5) is 24.5 Å². The number of halogens is 3. The van der Waals surface area contributed by atoms with E-state index in [2.05, 4.69) is 19.2 Å². The van der Waals surface area contributed by atoms with Crippen LogP contribution in [-0.2, 0) is 9.59 Å². The SMILES string of the molecule is CC[C@@H](C)c1ccc(OCC(=O)Nc2ccc(N3CCN(C(=O)C(F)(F)F)CC3)cc2)cc1. The fourth-order valence-electron chi connectivity index (χ4n) is 3.58. The maximum atomic E-state index is 12.6.